The van der Waals surface area contributed by atoms with Gasteiger partial charge in [0, 0.05) is 12.5 Å². The summed E-state index contributed by atoms with van der Waals surface area (Å²) < 4.78 is 5.69. The summed E-state index contributed by atoms with van der Waals surface area (Å²) in [6.45, 7) is 2.88. The SMILES string of the molecule is CC/C=C\SC(=S)N(CC(=O)O)C(C)=O.c1coc(-c2cccc3ccccc23)c1. The molecule has 0 saturated heterocycles. The summed E-state index contributed by atoms with van der Waals surface area (Å²) in [7, 11) is 0. The van der Waals surface area contributed by atoms with Gasteiger partial charge in [-0.05, 0) is 34.7 Å². The molecule has 0 bridgehead atoms. The maximum absolute atomic E-state index is 11.1. The smallest absolute Gasteiger partial charge is 0.323 e. The van der Waals surface area contributed by atoms with E-state index in [9.17, 15) is 9.59 Å². The van der Waals surface area contributed by atoms with Crippen LogP contribution in [0.4, 0.5) is 0 Å². The average molecular weight is 442 g/mol. The van der Waals surface area contributed by atoms with Crippen LogP contribution in [-0.4, -0.2) is 32.7 Å². The molecule has 1 amide bonds. The molecule has 5 nitrogen and oxygen atoms in total. The van der Waals surface area contributed by atoms with Crippen molar-refractivity contribution in [3.8, 4) is 11.3 Å². The van der Waals surface area contributed by atoms with Gasteiger partial charge in [0.05, 0.1) is 6.26 Å². The van der Waals surface area contributed by atoms with E-state index in [0.29, 0.717) is 0 Å². The molecule has 7 heteroatoms. The number of amides is 1. The summed E-state index contributed by atoms with van der Waals surface area (Å²) in [5.41, 5.74) is 1.15. The molecule has 0 atom stereocenters. The molecule has 2 aromatic carbocycles. The molecule has 0 unspecified atom stereocenters. The van der Waals surface area contributed by atoms with Gasteiger partial charge >= 0.3 is 5.97 Å². The number of aliphatic carboxylic acids is 1. The van der Waals surface area contributed by atoms with E-state index in [1.807, 2.05) is 31.2 Å². The van der Waals surface area contributed by atoms with Crippen molar-refractivity contribution in [1.82, 2.24) is 4.90 Å². The summed E-state index contributed by atoms with van der Waals surface area (Å²) in [4.78, 5) is 22.6. The Kier molecular flexibility index (Phi) is 9.31. The summed E-state index contributed by atoms with van der Waals surface area (Å²) in [6, 6.07) is 18.5. The van der Waals surface area contributed by atoms with Gasteiger partial charge in [-0.2, -0.15) is 0 Å². The van der Waals surface area contributed by atoms with Crippen molar-refractivity contribution in [2.75, 3.05) is 6.54 Å². The fourth-order valence-electron chi connectivity index (χ4n) is 2.58. The number of nitrogens with zero attached hydrogens (tertiary/aromatic N) is 1. The predicted octanol–water partition coefficient (Wildman–Crippen LogP) is 5.96. The summed E-state index contributed by atoms with van der Waals surface area (Å²) >= 11 is 6.11. The monoisotopic (exact) mass is 441 g/mol. The first-order chi connectivity index (χ1) is 14.4. The number of rotatable bonds is 5. The Balaban J connectivity index is 0.000000214. The number of benzene rings is 2. The third-order valence-electron chi connectivity index (χ3n) is 3.97. The number of carboxylic acid groups (broad SMARTS) is 1. The lowest BCUT2D eigenvalue weighted by Crippen LogP contribution is -2.36. The molecule has 0 saturated carbocycles. The Morgan fingerprint density at radius 2 is 1.87 bits per heavy atom. The van der Waals surface area contributed by atoms with Crippen molar-refractivity contribution >= 4 is 50.9 Å². The number of hydrogen-bond acceptors (Lipinski definition) is 5. The standard InChI is InChI=1S/C14H10O.C9H13NO3S2/c1-2-7-12-11(5-1)6-3-8-13(12)14-9-4-10-15-14;1-3-4-5-15-9(14)10(7(2)11)6-8(12)13/h1-10H;4-5H,3,6H2,1-2H3,(H,12,13)/b;5-4-. The van der Waals surface area contributed by atoms with Gasteiger partial charge in [0.1, 0.15) is 16.6 Å². The van der Waals surface area contributed by atoms with Gasteiger partial charge in [-0.3, -0.25) is 14.5 Å². The number of hydrogen-bond donors (Lipinski definition) is 1. The second-order valence-corrected chi connectivity index (χ2v) is 7.71. The fraction of sp³-hybridized carbons (Fsp3) is 0.174. The second kappa shape index (κ2) is 11.9. The maximum atomic E-state index is 11.1. The van der Waals surface area contributed by atoms with Gasteiger partial charge in [-0.25, -0.2) is 0 Å². The Labute approximate surface area is 185 Å². The molecule has 0 aliphatic carbocycles. The summed E-state index contributed by atoms with van der Waals surface area (Å²) in [6.07, 6.45) is 4.46. The minimum absolute atomic E-state index is 0.259. The van der Waals surface area contributed by atoms with Crippen LogP contribution < -0.4 is 0 Å². The lowest BCUT2D eigenvalue weighted by atomic mass is 10.0. The van der Waals surface area contributed by atoms with Gasteiger partial charge in [-0.15, -0.1) is 0 Å². The molecule has 0 fully saturated rings. The van der Waals surface area contributed by atoms with Gasteiger partial charge < -0.3 is 9.52 Å². The minimum atomic E-state index is -1.08. The van der Waals surface area contributed by atoms with Crippen LogP contribution >= 0.6 is 24.0 Å². The van der Waals surface area contributed by atoms with Crippen LogP contribution in [0.25, 0.3) is 22.1 Å². The van der Waals surface area contributed by atoms with Crippen molar-refractivity contribution in [3.05, 3.63) is 72.3 Å². The summed E-state index contributed by atoms with van der Waals surface area (Å²) in [5.74, 6) is -0.515. The van der Waals surface area contributed by atoms with Gasteiger partial charge in [-0.1, -0.05) is 79.4 Å². The molecule has 1 aromatic heterocycles. The molecular formula is C23H23NO4S2. The number of furan rings is 1. The highest BCUT2D eigenvalue weighted by atomic mass is 32.2. The van der Waals surface area contributed by atoms with Crippen molar-refractivity contribution in [1.29, 1.82) is 0 Å². The zero-order valence-electron chi connectivity index (χ0n) is 16.8. The van der Waals surface area contributed by atoms with Crippen LogP contribution in [0.2, 0.25) is 0 Å². The van der Waals surface area contributed by atoms with Gasteiger partial charge in [0.15, 0.2) is 0 Å². The van der Waals surface area contributed by atoms with Gasteiger partial charge in [0.2, 0.25) is 5.91 Å². The predicted molar refractivity (Wildman–Crippen MR) is 126 cm³/mol. The Bertz CT molecular complexity index is 1020. The lowest BCUT2D eigenvalue weighted by Gasteiger charge is -2.17. The van der Waals surface area contributed by atoms with Crippen molar-refractivity contribution < 1.29 is 19.1 Å². The van der Waals surface area contributed by atoms with E-state index in [-0.39, 0.29) is 16.8 Å². The molecule has 156 valence electrons. The quantitative estimate of drug-likeness (QED) is 0.493. The molecule has 30 heavy (non-hydrogen) atoms. The van der Waals surface area contributed by atoms with E-state index in [4.69, 9.17) is 21.7 Å². The Morgan fingerprint density at radius 1 is 1.13 bits per heavy atom. The Morgan fingerprint density at radius 3 is 2.50 bits per heavy atom. The van der Waals surface area contributed by atoms with E-state index in [1.165, 1.54) is 29.5 Å². The maximum Gasteiger partial charge on any atom is 0.323 e. The molecular weight excluding hydrogens is 418 g/mol. The number of carbonyl (C=O) groups is 2. The first kappa shape index (κ1) is 23.4. The van der Waals surface area contributed by atoms with E-state index >= 15 is 0 Å². The Hall–Kier alpha value is -2.90. The molecule has 0 spiro atoms. The highest BCUT2D eigenvalue weighted by Crippen LogP contribution is 2.28. The third kappa shape index (κ3) is 6.86. The first-order valence-electron chi connectivity index (χ1n) is 9.31. The lowest BCUT2D eigenvalue weighted by molar-refractivity contribution is -0.140. The molecule has 1 heterocycles. The fourth-order valence-corrected chi connectivity index (χ4v) is 3.66. The van der Waals surface area contributed by atoms with Crippen molar-refractivity contribution in [2.24, 2.45) is 0 Å². The number of allylic oxidation sites excluding steroid dienone is 1. The number of thioether (sulfide) groups is 1. The van der Waals surface area contributed by atoms with Crippen LogP contribution in [-0.2, 0) is 9.59 Å². The van der Waals surface area contributed by atoms with Crippen LogP contribution in [0, 0.1) is 0 Å². The largest absolute Gasteiger partial charge is 0.480 e. The second-order valence-electron chi connectivity index (χ2n) is 6.17. The van der Waals surface area contributed by atoms with Crippen molar-refractivity contribution in [2.45, 2.75) is 20.3 Å². The molecule has 0 radical (unpaired) electrons. The zero-order valence-corrected chi connectivity index (χ0v) is 18.4. The molecule has 0 aliphatic rings. The summed E-state index contributed by atoms with van der Waals surface area (Å²) in [5, 5.41) is 12.8. The number of fused-ring (bicyclic) bond motifs is 1. The van der Waals surface area contributed by atoms with Crippen LogP contribution in [0.1, 0.15) is 20.3 Å². The number of carboxylic acids is 1. The normalized spacial score (nSPS) is 10.5. The molecule has 3 aromatic rings. The van der Waals surface area contributed by atoms with Crippen LogP contribution in [0.15, 0.2) is 76.8 Å². The van der Waals surface area contributed by atoms with E-state index in [2.05, 4.69) is 36.4 Å². The highest BCUT2D eigenvalue weighted by Gasteiger charge is 2.17. The van der Waals surface area contributed by atoms with E-state index in [0.717, 1.165) is 22.6 Å². The van der Waals surface area contributed by atoms with Gasteiger partial charge in [0.25, 0.3) is 0 Å². The molecule has 3 rings (SSSR count). The molecule has 1 N–H and O–H groups in total. The molecule has 0 aliphatic heterocycles. The average Bonchev–Trinajstić information content (AvgIpc) is 3.26. The highest BCUT2D eigenvalue weighted by molar-refractivity contribution is 8.24. The number of thiocarbonyl (C=S) groups is 1. The third-order valence-corrected chi connectivity index (χ3v) is 5.23. The van der Waals surface area contributed by atoms with E-state index in [1.54, 1.807) is 11.7 Å². The van der Waals surface area contributed by atoms with Crippen LogP contribution in [0.3, 0.4) is 0 Å². The van der Waals surface area contributed by atoms with E-state index < -0.39 is 5.97 Å². The number of carbonyl (C=O) groups excluding carboxylic acids is 1. The topological polar surface area (TPSA) is 70.8 Å². The zero-order chi connectivity index (χ0) is 21.9. The van der Waals surface area contributed by atoms with Crippen molar-refractivity contribution in [3.63, 3.8) is 0 Å². The first-order valence-corrected chi connectivity index (χ1v) is 10.6. The minimum Gasteiger partial charge on any atom is -0.480 e. The van der Waals surface area contributed by atoms with Crippen LogP contribution in [0.5, 0.6) is 0 Å².